The molecule has 0 radical (unpaired) electrons. The van der Waals surface area contributed by atoms with Gasteiger partial charge in [0.25, 0.3) is 0 Å². The number of hydrogen-bond donors (Lipinski definition) is 0. The van der Waals surface area contributed by atoms with Crippen molar-refractivity contribution in [1.82, 2.24) is 0 Å². The minimum Gasteiger partial charge on any atom is -0.726 e. The van der Waals surface area contributed by atoms with Gasteiger partial charge in [-0.05, 0) is 6.92 Å². The molecule has 0 aromatic carbocycles. The summed E-state index contributed by atoms with van der Waals surface area (Å²) in [4.78, 5) is 0. The minimum absolute atomic E-state index is 0. The van der Waals surface area contributed by atoms with Crippen molar-refractivity contribution in [3.05, 3.63) is 0 Å². The molecular formula is C4H9LiO5S. The summed E-state index contributed by atoms with van der Waals surface area (Å²) in [5.41, 5.74) is 0. The summed E-state index contributed by atoms with van der Waals surface area (Å²) in [6.07, 6.45) is 0. The van der Waals surface area contributed by atoms with Crippen molar-refractivity contribution < 1.29 is 40.8 Å². The second-order valence-electron chi connectivity index (χ2n) is 1.43. The van der Waals surface area contributed by atoms with Crippen LogP contribution in [0.2, 0.25) is 0 Å². The fourth-order valence-electron chi connectivity index (χ4n) is 0.339. The summed E-state index contributed by atoms with van der Waals surface area (Å²) < 4.78 is 37.8. The van der Waals surface area contributed by atoms with Crippen LogP contribution in [-0.4, -0.2) is 32.8 Å². The Hall–Kier alpha value is 0.427. The number of hydrogen-bond acceptors (Lipinski definition) is 5. The molecule has 0 amide bonds. The Bertz CT molecular complexity index is 165. The zero-order chi connectivity index (χ0) is 8.04. The maximum Gasteiger partial charge on any atom is 1.00 e. The summed E-state index contributed by atoms with van der Waals surface area (Å²) in [7, 11) is -4.53. The second kappa shape index (κ2) is 7.10. The summed E-state index contributed by atoms with van der Waals surface area (Å²) in [5.74, 6) is 0. The maximum atomic E-state index is 9.76. The zero-order valence-corrected chi connectivity index (χ0v) is 7.39. The largest absolute Gasteiger partial charge is 1.00 e. The Kier molecular flexibility index (Phi) is 9.02. The van der Waals surface area contributed by atoms with E-state index in [-0.39, 0.29) is 32.1 Å². The number of rotatable bonds is 5. The van der Waals surface area contributed by atoms with E-state index in [0.717, 1.165) is 0 Å². The molecule has 7 heteroatoms. The van der Waals surface area contributed by atoms with E-state index in [0.29, 0.717) is 6.61 Å². The van der Waals surface area contributed by atoms with Gasteiger partial charge in [0.1, 0.15) is 0 Å². The van der Waals surface area contributed by atoms with E-state index in [9.17, 15) is 13.0 Å². The van der Waals surface area contributed by atoms with E-state index < -0.39 is 10.4 Å². The predicted molar refractivity (Wildman–Crippen MR) is 32.1 cm³/mol. The van der Waals surface area contributed by atoms with Gasteiger partial charge < -0.3 is 9.29 Å². The molecule has 5 nitrogen and oxygen atoms in total. The van der Waals surface area contributed by atoms with Crippen LogP contribution in [-0.2, 0) is 19.3 Å². The van der Waals surface area contributed by atoms with Gasteiger partial charge in [-0.3, -0.25) is 4.18 Å². The van der Waals surface area contributed by atoms with Crippen LogP contribution in [0.15, 0.2) is 0 Å². The van der Waals surface area contributed by atoms with E-state index in [1.54, 1.807) is 6.92 Å². The van der Waals surface area contributed by atoms with Crippen LogP contribution in [0, 0.1) is 0 Å². The van der Waals surface area contributed by atoms with Crippen LogP contribution in [0.4, 0.5) is 0 Å². The monoisotopic (exact) mass is 176 g/mol. The van der Waals surface area contributed by atoms with Crippen LogP contribution in [0.5, 0.6) is 0 Å². The quantitative estimate of drug-likeness (QED) is 0.188. The summed E-state index contributed by atoms with van der Waals surface area (Å²) in [6.45, 7) is 2.14. The molecule has 0 aromatic rings. The van der Waals surface area contributed by atoms with Gasteiger partial charge in [-0.1, -0.05) is 0 Å². The van der Waals surface area contributed by atoms with Crippen LogP contribution in [0.1, 0.15) is 6.92 Å². The average molecular weight is 176 g/mol. The molecule has 0 aliphatic carbocycles. The van der Waals surface area contributed by atoms with E-state index in [1.165, 1.54) is 0 Å². The van der Waals surface area contributed by atoms with Crippen molar-refractivity contribution in [3.8, 4) is 0 Å². The second-order valence-corrected chi connectivity index (χ2v) is 2.48. The van der Waals surface area contributed by atoms with Crippen LogP contribution < -0.4 is 18.9 Å². The minimum atomic E-state index is -4.53. The average Bonchev–Trinajstić information content (AvgIpc) is 1.78. The Morgan fingerprint density at radius 3 is 2.27 bits per heavy atom. The third kappa shape index (κ3) is 13.4. The molecule has 0 heterocycles. The van der Waals surface area contributed by atoms with Crippen molar-refractivity contribution >= 4 is 10.4 Å². The molecule has 0 spiro atoms. The normalized spacial score (nSPS) is 10.7. The zero-order valence-electron chi connectivity index (χ0n) is 6.57. The molecule has 0 bridgehead atoms. The van der Waals surface area contributed by atoms with Crippen molar-refractivity contribution in [2.75, 3.05) is 19.8 Å². The van der Waals surface area contributed by atoms with Crippen LogP contribution in [0.3, 0.4) is 0 Å². The maximum absolute atomic E-state index is 9.76. The standard InChI is InChI=1S/C4H10O5S.Li/c1-2-8-3-4-9-10(5,6)7;/h2-4H2,1H3,(H,5,6,7);/q;+1/p-1. The van der Waals surface area contributed by atoms with Gasteiger partial charge in [0.2, 0.25) is 10.4 Å². The molecule has 0 atom stereocenters. The first-order valence-corrected chi connectivity index (χ1v) is 4.07. The number of ether oxygens (including phenoxy) is 1. The molecule has 0 rings (SSSR count). The van der Waals surface area contributed by atoms with Crippen molar-refractivity contribution in [2.24, 2.45) is 0 Å². The Balaban J connectivity index is 0. The third-order valence-electron chi connectivity index (χ3n) is 0.659. The fraction of sp³-hybridized carbons (Fsp3) is 1.00. The molecule has 0 aromatic heterocycles. The van der Waals surface area contributed by atoms with E-state index in [1.807, 2.05) is 0 Å². The molecule has 62 valence electrons. The first-order valence-electron chi connectivity index (χ1n) is 2.74. The Labute approximate surface area is 78.2 Å². The molecule has 0 N–H and O–H groups in total. The third-order valence-corrected chi connectivity index (χ3v) is 1.11. The van der Waals surface area contributed by atoms with Crippen molar-refractivity contribution in [2.45, 2.75) is 6.92 Å². The first kappa shape index (κ1) is 14.0. The predicted octanol–water partition coefficient (Wildman–Crippen LogP) is -3.50. The molecule has 0 fully saturated rings. The Morgan fingerprint density at radius 1 is 1.36 bits per heavy atom. The van der Waals surface area contributed by atoms with Crippen molar-refractivity contribution in [3.63, 3.8) is 0 Å². The molecular weight excluding hydrogens is 167 g/mol. The molecule has 0 aliphatic heterocycles. The molecule has 11 heavy (non-hydrogen) atoms. The van der Waals surface area contributed by atoms with Gasteiger partial charge in [-0.15, -0.1) is 0 Å². The van der Waals surface area contributed by atoms with E-state index in [4.69, 9.17) is 4.74 Å². The SMILES string of the molecule is CCOCCOS(=O)(=O)[O-].[Li+]. The molecule has 0 saturated heterocycles. The van der Waals surface area contributed by atoms with Gasteiger partial charge in [0.15, 0.2) is 0 Å². The summed E-state index contributed by atoms with van der Waals surface area (Å²) >= 11 is 0. The van der Waals surface area contributed by atoms with Crippen LogP contribution in [0.25, 0.3) is 0 Å². The van der Waals surface area contributed by atoms with Gasteiger partial charge in [-0.2, -0.15) is 0 Å². The first-order chi connectivity index (χ1) is 4.56. The van der Waals surface area contributed by atoms with Gasteiger partial charge in [0.05, 0.1) is 13.2 Å². The van der Waals surface area contributed by atoms with Gasteiger partial charge >= 0.3 is 18.9 Å². The fourth-order valence-corrected chi connectivity index (χ4v) is 0.612. The van der Waals surface area contributed by atoms with E-state index >= 15 is 0 Å². The summed E-state index contributed by atoms with van der Waals surface area (Å²) in [6, 6.07) is 0. The topological polar surface area (TPSA) is 75.7 Å². The van der Waals surface area contributed by atoms with Gasteiger partial charge in [-0.25, -0.2) is 8.42 Å². The summed E-state index contributed by atoms with van der Waals surface area (Å²) in [5, 5.41) is 0. The van der Waals surface area contributed by atoms with Gasteiger partial charge in [0, 0.05) is 6.61 Å². The Morgan fingerprint density at radius 2 is 1.91 bits per heavy atom. The molecule has 0 saturated carbocycles. The van der Waals surface area contributed by atoms with Crippen molar-refractivity contribution in [1.29, 1.82) is 0 Å². The van der Waals surface area contributed by atoms with E-state index in [2.05, 4.69) is 4.18 Å². The van der Waals surface area contributed by atoms with Crippen LogP contribution >= 0.6 is 0 Å². The molecule has 0 unspecified atom stereocenters. The molecule has 0 aliphatic rings. The smallest absolute Gasteiger partial charge is 0.726 e.